The van der Waals surface area contributed by atoms with Gasteiger partial charge in [0.2, 0.25) is 0 Å². The first-order valence-electron chi connectivity index (χ1n) is 8.64. The molecule has 0 radical (unpaired) electrons. The molecular weight excluding hydrogens is 258 g/mol. The van der Waals surface area contributed by atoms with E-state index in [0.29, 0.717) is 0 Å². The normalized spacial score (nSPS) is 37.5. The van der Waals surface area contributed by atoms with E-state index < -0.39 is 0 Å². The Morgan fingerprint density at radius 1 is 1.29 bits per heavy atom. The number of hydrogen-bond donors (Lipinski definition) is 1. The lowest BCUT2D eigenvalue weighted by Gasteiger charge is -2.39. The minimum absolute atomic E-state index is 0.114. The Balaban J connectivity index is 1.62. The fourth-order valence-corrected chi connectivity index (χ4v) is 5.40. The van der Waals surface area contributed by atoms with Crippen molar-refractivity contribution >= 4 is 0 Å². The van der Waals surface area contributed by atoms with E-state index in [4.69, 9.17) is 10.5 Å². The average Bonchev–Trinajstić information content (AvgIpc) is 3.10. The van der Waals surface area contributed by atoms with E-state index in [2.05, 4.69) is 18.2 Å². The fourth-order valence-electron chi connectivity index (χ4n) is 5.40. The maximum absolute atomic E-state index is 6.95. The third kappa shape index (κ3) is 2.28. The van der Waals surface area contributed by atoms with Gasteiger partial charge in [-0.15, -0.1) is 0 Å². The van der Waals surface area contributed by atoms with E-state index in [9.17, 15) is 0 Å². The van der Waals surface area contributed by atoms with Gasteiger partial charge in [-0.05, 0) is 86.0 Å². The van der Waals surface area contributed by atoms with E-state index in [1.165, 1.54) is 56.1 Å². The van der Waals surface area contributed by atoms with Crippen molar-refractivity contribution in [3.63, 3.8) is 0 Å². The number of methoxy groups -OCH3 is 1. The van der Waals surface area contributed by atoms with Crippen LogP contribution in [0.25, 0.3) is 0 Å². The van der Waals surface area contributed by atoms with Gasteiger partial charge in [-0.3, -0.25) is 0 Å². The number of aryl methyl sites for hydroxylation is 1. The quantitative estimate of drug-likeness (QED) is 0.910. The van der Waals surface area contributed by atoms with Crippen molar-refractivity contribution in [2.24, 2.45) is 23.5 Å². The molecule has 1 aromatic rings. The minimum Gasteiger partial charge on any atom is -0.497 e. The van der Waals surface area contributed by atoms with Crippen LogP contribution in [0, 0.1) is 17.8 Å². The van der Waals surface area contributed by atoms with Crippen LogP contribution in [-0.2, 0) is 12.0 Å². The molecule has 3 aliphatic carbocycles. The molecule has 2 bridgehead atoms. The predicted molar refractivity (Wildman–Crippen MR) is 85.4 cm³/mol. The Hall–Kier alpha value is -1.02. The second-order valence-corrected chi connectivity index (χ2v) is 7.67. The molecule has 0 spiro atoms. The molecule has 2 fully saturated rings. The molecule has 2 N–H and O–H groups in total. The van der Waals surface area contributed by atoms with Gasteiger partial charge in [-0.25, -0.2) is 0 Å². The highest BCUT2D eigenvalue weighted by Crippen LogP contribution is 2.53. The van der Waals surface area contributed by atoms with Crippen LogP contribution in [-0.4, -0.2) is 7.11 Å². The van der Waals surface area contributed by atoms with E-state index >= 15 is 0 Å². The molecule has 2 heteroatoms. The highest BCUT2D eigenvalue weighted by atomic mass is 16.5. The molecule has 2 nitrogen and oxygen atoms in total. The number of rotatable bonds is 3. The van der Waals surface area contributed by atoms with Crippen LogP contribution in [0.5, 0.6) is 5.75 Å². The zero-order valence-corrected chi connectivity index (χ0v) is 13.1. The van der Waals surface area contributed by atoms with Crippen LogP contribution in [0.15, 0.2) is 18.2 Å². The Labute approximate surface area is 128 Å². The van der Waals surface area contributed by atoms with E-state index in [0.717, 1.165) is 29.9 Å². The van der Waals surface area contributed by atoms with Gasteiger partial charge in [0.25, 0.3) is 0 Å². The summed E-state index contributed by atoms with van der Waals surface area (Å²) in [6.45, 7) is 0. The first kappa shape index (κ1) is 13.6. The molecule has 0 aromatic heterocycles. The molecule has 2 saturated carbocycles. The Kier molecular flexibility index (Phi) is 3.25. The van der Waals surface area contributed by atoms with Crippen LogP contribution in [0.2, 0.25) is 0 Å². The first-order valence-corrected chi connectivity index (χ1v) is 8.64. The Morgan fingerprint density at radius 3 is 2.90 bits per heavy atom. The largest absolute Gasteiger partial charge is 0.497 e. The smallest absolute Gasteiger partial charge is 0.119 e. The highest BCUT2D eigenvalue weighted by molar-refractivity contribution is 5.42. The Morgan fingerprint density at radius 2 is 2.19 bits per heavy atom. The summed E-state index contributed by atoms with van der Waals surface area (Å²) in [7, 11) is 1.75. The van der Waals surface area contributed by atoms with Crippen LogP contribution in [0.1, 0.15) is 56.1 Å². The zero-order valence-electron chi connectivity index (χ0n) is 13.1. The lowest BCUT2D eigenvalue weighted by atomic mass is 9.70. The lowest BCUT2D eigenvalue weighted by Crippen LogP contribution is -2.42. The molecule has 1 aromatic carbocycles. The van der Waals surface area contributed by atoms with Crippen LogP contribution < -0.4 is 10.5 Å². The monoisotopic (exact) mass is 285 g/mol. The van der Waals surface area contributed by atoms with Gasteiger partial charge in [-0.1, -0.05) is 12.5 Å². The molecule has 3 aliphatic rings. The van der Waals surface area contributed by atoms with Crippen molar-refractivity contribution in [2.75, 3.05) is 7.11 Å². The molecule has 114 valence electrons. The van der Waals surface area contributed by atoms with Crippen LogP contribution in [0.4, 0.5) is 0 Å². The number of hydrogen-bond acceptors (Lipinski definition) is 2. The Bertz CT molecular complexity index is 540. The van der Waals surface area contributed by atoms with Crippen molar-refractivity contribution in [1.29, 1.82) is 0 Å². The van der Waals surface area contributed by atoms with Crippen molar-refractivity contribution in [1.82, 2.24) is 0 Å². The van der Waals surface area contributed by atoms with Gasteiger partial charge < -0.3 is 10.5 Å². The summed E-state index contributed by atoms with van der Waals surface area (Å²) in [5.41, 5.74) is 9.66. The summed E-state index contributed by atoms with van der Waals surface area (Å²) in [4.78, 5) is 0. The van der Waals surface area contributed by atoms with Gasteiger partial charge in [0.05, 0.1) is 7.11 Å². The summed E-state index contributed by atoms with van der Waals surface area (Å²) in [6, 6.07) is 6.53. The fraction of sp³-hybridized carbons (Fsp3) is 0.684. The summed E-state index contributed by atoms with van der Waals surface area (Å²) in [5, 5.41) is 0. The molecule has 0 amide bonds. The topological polar surface area (TPSA) is 35.2 Å². The van der Waals surface area contributed by atoms with Crippen molar-refractivity contribution < 1.29 is 4.74 Å². The van der Waals surface area contributed by atoms with E-state index in [1.807, 2.05) is 0 Å². The van der Waals surface area contributed by atoms with E-state index in [1.54, 1.807) is 7.11 Å². The number of benzene rings is 1. The van der Waals surface area contributed by atoms with Crippen LogP contribution >= 0.6 is 0 Å². The van der Waals surface area contributed by atoms with Crippen LogP contribution in [0.3, 0.4) is 0 Å². The number of fused-ring (bicyclic) bond motifs is 3. The zero-order chi connectivity index (χ0) is 14.4. The van der Waals surface area contributed by atoms with Gasteiger partial charge in [0, 0.05) is 5.54 Å². The lowest BCUT2D eigenvalue weighted by molar-refractivity contribution is 0.222. The minimum atomic E-state index is -0.114. The summed E-state index contributed by atoms with van der Waals surface area (Å²) in [5.74, 6) is 3.80. The van der Waals surface area contributed by atoms with Crippen molar-refractivity contribution in [3.05, 3.63) is 29.3 Å². The maximum atomic E-state index is 6.95. The van der Waals surface area contributed by atoms with Gasteiger partial charge in [0.1, 0.15) is 5.75 Å². The molecule has 4 atom stereocenters. The standard InChI is InChI=1S/C19H27NO/c1-21-17-7-6-14-3-2-8-19(20,18(14)11-17)12-16-10-13-4-5-15(16)9-13/h6-7,11,13,15-16H,2-5,8-10,12,20H2,1H3. The van der Waals surface area contributed by atoms with Gasteiger partial charge in [-0.2, -0.15) is 0 Å². The second-order valence-electron chi connectivity index (χ2n) is 7.67. The summed E-state index contributed by atoms with van der Waals surface area (Å²) >= 11 is 0. The third-order valence-electron chi connectivity index (χ3n) is 6.43. The predicted octanol–water partition coefficient (Wildman–Crippen LogP) is 4.01. The molecule has 0 heterocycles. The molecule has 4 rings (SSSR count). The summed E-state index contributed by atoms with van der Waals surface area (Å²) in [6.07, 6.45) is 10.6. The molecule has 4 unspecified atom stereocenters. The third-order valence-corrected chi connectivity index (χ3v) is 6.43. The first-order chi connectivity index (χ1) is 10.2. The van der Waals surface area contributed by atoms with Gasteiger partial charge >= 0.3 is 0 Å². The highest BCUT2D eigenvalue weighted by Gasteiger charge is 2.44. The van der Waals surface area contributed by atoms with Gasteiger partial charge in [0.15, 0.2) is 0 Å². The van der Waals surface area contributed by atoms with Crippen molar-refractivity contribution in [3.8, 4) is 5.75 Å². The maximum Gasteiger partial charge on any atom is 0.119 e. The number of ether oxygens (including phenoxy) is 1. The second kappa shape index (κ2) is 5.01. The molecule has 21 heavy (non-hydrogen) atoms. The molecule has 0 aliphatic heterocycles. The number of nitrogens with two attached hydrogens (primary N) is 1. The van der Waals surface area contributed by atoms with Crippen molar-refractivity contribution in [2.45, 2.75) is 56.9 Å². The average molecular weight is 285 g/mol. The summed E-state index contributed by atoms with van der Waals surface area (Å²) < 4.78 is 5.44. The SMILES string of the molecule is COc1ccc2c(c1)C(N)(CC1CC3CCC1C3)CCC2. The van der Waals surface area contributed by atoms with E-state index in [-0.39, 0.29) is 5.54 Å². The molecule has 0 saturated heterocycles. The molecular formula is C19H27NO.